The summed E-state index contributed by atoms with van der Waals surface area (Å²) in [6.07, 6.45) is -0.600. The number of amides is 1. The van der Waals surface area contributed by atoms with Gasteiger partial charge in [0, 0.05) is 6.42 Å². The molecule has 0 aliphatic rings. The molecule has 1 aromatic carbocycles. The van der Waals surface area contributed by atoms with Gasteiger partial charge in [-0.1, -0.05) is 0 Å². The summed E-state index contributed by atoms with van der Waals surface area (Å²) in [5, 5.41) is 8.93. The normalized spacial score (nSPS) is 12.9. The topological polar surface area (TPSA) is 127 Å². The zero-order chi connectivity index (χ0) is 16.2. The van der Waals surface area contributed by atoms with Gasteiger partial charge in [-0.2, -0.15) is 4.72 Å². The molecule has 0 heterocycles. The van der Waals surface area contributed by atoms with E-state index in [1.54, 1.807) is 0 Å². The number of aliphatic carboxylic acids is 1. The Morgan fingerprint density at radius 3 is 2.52 bits per heavy atom. The number of hydrogen-bond acceptors (Lipinski definition) is 4. The van der Waals surface area contributed by atoms with E-state index in [-0.39, 0.29) is 17.3 Å². The van der Waals surface area contributed by atoms with E-state index in [9.17, 15) is 22.4 Å². The number of primary amides is 1. The molecular formula is C11H12BrFN2O5S. The lowest BCUT2D eigenvalue weighted by molar-refractivity contribution is -0.139. The van der Waals surface area contributed by atoms with Gasteiger partial charge in [-0.25, -0.2) is 12.8 Å². The first-order valence-electron chi connectivity index (χ1n) is 5.62. The molecule has 0 unspecified atom stereocenters. The SMILES string of the molecule is NC(=O)CC[C@@H](NS(=O)(=O)c1ccc(Br)c(F)c1)C(=O)O. The van der Waals surface area contributed by atoms with Crippen LogP contribution in [0.4, 0.5) is 4.39 Å². The molecule has 0 bridgehead atoms. The highest BCUT2D eigenvalue weighted by molar-refractivity contribution is 9.10. The summed E-state index contributed by atoms with van der Waals surface area (Å²) in [7, 11) is -4.24. The third-order valence-corrected chi connectivity index (χ3v) is 4.59. The Kier molecular flexibility index (Phi) is 5.81. The van der Waals surface area contributed by atoms with Crippen molar-refractivity contribution in [1.29, 1.82) is 0 Å². The maximum Gasteiger partial charge on any atom is 0.321 e. The quantitative estimate of drug-likeness (QED) is 0.635. The molecule has 7 nitrogen and oxygen atoms in total. The minimum absolute atomic E-state index is 0.0740. The maximum atomic E-state index is 13.3. The molecule has 1 rings (SSSR count). The van der Waals surface area contributed by atoms with Crippen LogP contribution >= 0.6 is 15.9 Å². The number of hydrogen-bond donors (Lipinski definition) is 3. The van der Waals surface area contributed by atoms with Gasteiger partial charge in [0.2, 0.25) is 15.9 Å². The fourth-order valence-corrected chi connectivity index (χ4v) is 2.90. The van der Waals surface area contributed by atoms with Gasteiger partial charge in [0.15, 0.2) is 0 Å². The van der Waals surface area contributed by atoms with Gasteiger partial charge in [-0.15, -0.1) is 0 Å². The molecular weight excluding hydrogens is 371 g/mol. The highest BCUT2D eigenvalue weighted by Crippen LogP contribution is 2.19. The van der Waals surface area contributed by atoms with Gasteiger partial charge in [-0.3, -0.25) is 9.59 Å². The van der Waals surface area contributed by atoms with Gasteiger partial charge >= 0.3 is 5.97 Å². The van der Waals surface area contributed by atoms with Crippen LogP contribution in [0.2, 0.25) is 0 Å². The van der Waals surface area contributed by atoms with Crippen LogP contribution in [0.15, 0.2) is 27.6 Å². The Balaban J connectivity index is 2.97. The van der Waals surface area contributed by atoms with E-state index in [4.69, 9.17) is 10.8 Å². The average Bonchev–Trinajstić information content (AvgIpc) is 2.37. The number of sulfonamides is 1. The van der Waals surface area contributed by atoms with Gasteiger partial charge < -0.3 is 10.8 Å². The zero-order valence-corrected chi connectivity index (χ0v) is 12.9. The van der Waals surface area contributed by atoms with E-state index < -0.39 is 38.7 Å². The Morgan fingerprint density at radius 1 is 1.43 bits per heavy atom. The van der Waals surface area contributed by atoms with Crippen LogP contribution < -0.4 is 10.5 Å². The second-order valence-corrected chi connectivity index (χ2v) is 6.66. The van der Waals surface area contributed by atoms with Gasteiger partial charge in [0.1, 0.15) is 11.9 Å². The summed E-state index contributed by atoms with van der Waals surface area (Å²) in [6.45, 7) is 0. The summed E-state index contributed by atoms with van der Waals surface area (Å²) in [4.78, 5) is 21.2. The lowest BCUT2D eigenvalue weighted by atomic mass is 10.2. The third-order valence-electron chi connectivity index (χ3n) is 2.48. The predicted molar refractivity (Wildman–Crippen MR) is 74.3 cm³/mol. The zero-order valence-electron chi connectivity index (χ0n) is 10.5. The number of rotatable bonds is 7. The number of nitrogens with one attached hydrogen (secondary N) is 1. The summed E-state index contributed by atoms with van der Waals surface area (Å²) in [6, 6.07) is 1.51. The first-order chi connectivity index (χ1) is 9.63. The summed E-state index contributed by atoms with van der Waals surface area (Å²) >= 11 is 2.88. The number of benzene rings is 1. The van der Waals surface area contributed by atoms with Crippen LogP contribution in [0.3, 0.4) is 0 Å². The van der Waals surface area contributed by atoms with E-state index >= 15 is 0 Å². The summed E-state index contributed by atoms with van der Waals surface area (Å²) in [5.74, 6) is -3.02. The first-order valence-corrected chi connectivity index (χ1v) is 7.89. The van der Waals surface area contributed by atoms with Crippen molar-refractivity contribution >= 4 is 37.8 Å². The van der Waals surface area contributed by atoms with Crippen molar-refractivity contribution < 1.29 is 27.5 Å². The largest absolute Gasteiger partial charge is 0.480 e. The minimum atomic E-state index is -4.24. The molecule has 1 amide bonds. The van der Waals surface area contributed by atoms with Gasteiger partial charge in [-0.05, 0) is 40.5 Å². The van der Waals surface area contributed by atoms with Crippen molar-refractivity contribution in [3.8, 4) is 0 Å². The molecule has 0 aliphatic carbocycles. The number of carboxylic acid groups (broad SMARTS) is 1. The highest BCUT2D eigenvalue weighted by atomic mass is 79.9. The van der Waals surface area contributed by atoms with Crippen molar-refractivity contribution in [1.82, 2.24) is 4.72 Å². The smallest absolute Gasteiger partial charge is 0.321 e. The molecule has 0 saturated heterocycles. The molecule has 0 fully saturated rings. The first kappa shape index (κ1) is 17.5. The monoisotopic (exact) mass is 382 g/mol. The third kappa shape index (κ3) is 5.06. The Hall–Kier alpha value is -1.52. The van der Waals surface area contributed by atoms with Crippen molar-refractivity contribution in [2.24, 2.45) is 5.73 Å². The maximum absolute atomic E-state index is 13.3. The second-order valence-electron chi connectivity index (χ2n) is 4.09. The average molecular weight is 383 g/mol. The Morgan fingerprint density at radius 2 is 2.05 bits per heavy atom. The van der Waals surface area contributed by atoms with Crippen LogP contribution in [-0.2, 0) is 19.6 Å². The van der Waals surface area contributed by atoms with E-state index in [0.717, 1.165) is 12.1 Å². The lowest BCUT2D eigenvalue weighted by Gasteiger charge is -2.14. The molecule has 0 aliphatic heterocycles. The molecule has 0 saturated carbocycles. The van der Waals surface area contributed by atoms with Gasteiger partial charge in [0.25, 0.3) is 0 Å². The van der Waals surface area contributed by atoms with Crippen molar-refractivity contribution in [2.75, 3.05) is 0 Å². The van der Waals surface area contributed by atoms with Crippen molar-refractivity contribution in [2.45, 2.75) is 23.8 Å². The molecule has 0 radical (unpaired) electrons. The molecule has 4 N–H and O–H groups in total. The number of nitrogens with two attached hydrogens (primary N) is 1. The number of carbonyl (C=O) groups excluding carboxylic acids is 1. The van der Waals surface area contributed by atoms with Crippen LogP contribution in [0.5, 0.6) is 0 Å². The van der Waals surface area contributed by atoms with E-state index in [2.05, 4.69) is 15.9 Å². The molecule has 116 valence electrons. The molecule has 0 spiro atoms. The van der Waals surface area contributed by atoms with E-state index in [1.807, 2.05) is 4.72 Å². The van der Waals surface area contributed by atoms with Crippen LogP contribution in [-0.4, -0.2) is 31.4 Å². The van der Waals surface area contributed by atoms with Crippen LogP contribution in [0, 0.1) is 5.82 Å². The fourth-order valence-electron chi connectivity index (χ4n) is 1.42. The number of carbonyl (C=O) groups is 2. The summed E-state index contributed by atoms with van der Waals surface area (Å²) in [5.41, 5.74) is 4.89. The van der Waals surface area contributed by atoms with E-state index in [1.165, 1.54) is 6.07 Å². The standard InChI is InChI=1S/C11H12BrFN2O5S/c12-7-2-1-6(5-8(7)13)21(19,20)15-9(11(17)18)3-4-10(14)16/h1-2,5,9,15H,3-4H2,(H2,14,16)(H,17,18)/t9-/m1/s1. The fraction of sp³-hybridized carbons (Fsp3) is 0.273. The Bertz CT molecular complexity index is 665. The van der Waals surface area contributed by atoms with Crippen LogP contribution in [0.25, 0.3) is 0 Å². The molecule has 10 heteroatoms. The molecule has 1 aromatic rings. The number of carboxylic acids is 1. The van der Waals surface area contributed by atoms with Crippen LogP contribution in [0.1, 0.15) is 12.8 Å². The second kappa shape index (κ2) is 6.96. The highest BCUT2D eigenvalue weighted by Gasteiger charge is 2.26. The molecule has 1 atom stereocenters. The van der Waals surface area contributed by atoms with Crippen molar-refractivity contribution in [3.63, 3.8) is 0 Å². The van der Waals surface area contributed by atoms with Gasteiger partial charge in [0.05, 0.1) is 9.37 Å². The van der Waals surface area contributed by atoms with E-state index in [0.29, 0.717) is 0 Å². The summed E-state index contributed by atoms with van der Waals surface area (Å²) < 4.78 is 39.3. The molecule has 0 aromatic heterocycles. The molecule has 21 heavy (non-hydrogen) atoms. The number of halogens is 2. The van der Waals surface area contributed by atoms with Crippen molar-refractivity contribution in [3.05, 3.63) is 28.5 Å². The minimum Gasteiger partial charge on any atom is -0.480 e. The lowest BCUT2D eigenvalue weighted by Crippen LogP contribution is -2.41. The predicted octanol–water partition coefficient (Wildman–Crippen LogP) is 0.585. The Labute approximate surface area is 128 Å².